The molecule has 0 saturated heterocycles. The van der Waals surface area contributed by atoms with E-state index in [1.165, 1.54) is 31.8 Å². The van der Waals surface area contributed by atoms with Gasteiger partial charge in [-0.2, -0.15) is 0 Å². The van der Waals surface area contributed by atoms with Gasteiger partial charge < -0.3 is 24.8 Å². The van der Waals surface area contributed by atoms with E-state index in [0.717, 1.165) is 10.1 Å². The number of rotatable bonds is 6. The molecule has 0 radical (unpaired) electrons. The quantitative estimate of drug-likeness (QED) is 0.449. The number of hydrogen-bond donors (Lipinski definition) is 2. The summed E-state index contributed by atoms with van der Waals surface area (Å²) < 4.78 is 16.2. The Balaban J connectivity index is 1.90. The van der Waals surface area contributed by atoms with Gasteiger partial charge >= 0.3 is 12.1 Å². The molecule has 30 heavy (non-hydrogen) atoms. The average Bonchev–Trinajstić information content (AvgIpc) is 3.07. The number of aromatic nitrogens is 2. The van der Waals surface area contributed by atoms with Gasteiger partial charge in [-0.05, 0) is 32.9 Å². The molecule has 0 aliphatic heterocycles. The molecule has 0 atom stereocenters. The van der Waals surface area contributed by atoms with Crippen LogP contribution in [0.5, 0.6) is 5.88 Å². The molecule has 3 aromatic rings. The molecule has 0 spiro atoms. The van der Waals surface area contributed by atoms with E-state index < -0.39 is 17.7 Å². The average molecular weight is 433 g/mol. The van der Waals surface area contributed by atoms with Crippen molar-refractivity contribution in [2.75, 3.05) is 32.6 Å². The number of alkyl carbamates (subject to hydrolysis) is 1. The van der Waals surface area contributed by atoms with Gasteiger partial charge in [0.05, 0.1) is 37.1 Å². The van der Waals surface area contributed by atoms with Crippen LogP contribution in [0.15, 0.2) is 18.3 Å². The molecule has 0 aliphatic carbocycles. The number of carbonyl (C=O) groups excluding carboxylic acids is 2. The SMILES string of the molecule is COC(=O)c1sc2ccc3nc(OC)cnc3c2c1NCCNC(=O)OC(C)(C)C. The molecular weight excluding hydrogens is 408 g/mol. The van der Waals surface area contributed by atoms with E-state index in [4.69, 9.17) is 14.2 Å². The maximum absolute atomic E-state index is 12.3. The molecular formula is C20H24N4O5S. The molecule has 3 rings (SSSR count). The zero-order valence-electron chi connectivity index (χ0n) is 17.5. The molecule has 0 aliphatic rings. The van der Waals surface area contributed by atoms with Crippen molar-refractivity contribution in [2.24, 2.45) is 0 Å². The molecule has 0 saturated carbocycles. The van der Waals surface area contributed by atoms with Gasteiger partial charge in [-0.15, -0.1) is 11.3 Å². The van der Waals surface area contributed by atoms with Crippen molar-refractivity contribution < 1.29 is 23.8 Å². The van der Waals surface area contributed by atoms with Crippen LogP contribution in [0.25, 0.3) is 21.1 Å². The normalized spacial score (nSPS) is 11.4. The lowest BCUT2D eigenvalue weighted by atomic mass is 10.1. The van der Waals surface area contributed by atoms with Crippen LogP contribution in [-0.2, 0) is 9.47 Å². The molecule has 0 unspecified atom stereocenters. The smallest absolute Gasteiger partial charge is 0.407 e. The molecule has 9 nitrogen and oxygen atoms in total. The Morgan fingerprint density at radius 1 is 1.17 bits per heavy atom. The third-order valence-corrected chi connectivity index (χ3v) is 5.15. The summed E-state index contributed by atoms with van der Waals surface area (Å²) in [6.07, 6.45) is 1.03. The number of nitrogens with zero attached hydrogens (tertiary/aromatic N) is 2. The number of thiophene rings is 1. The number of esters is 1. The van der Waals surface area contributed by atoms with E-state index >= 15 is 0 Å². The number of ether oxygens (including phenoxy) is 3. The summed E-state index contributed by atoms with van der Waals surface area (Å²) in [6.45, 7) is 6.07. The van der Waals surface area contributed by atoms with Crippen LogP contribution >= 0.6 is 11.3 Å². The number of anilines is 1. The minimum atomic E-state index is -0.572. The molecule has 1 amide bonds. The van der Waals surface area contributed by atoms with Crippen molar-refractivity contribution in [3.05, 3.63) is 23.2 Å². The summed E-state index contributed by atoms with van der Waals surface area (Å²) in [5.41, 5.74) is 1.31. The Kier molecular flexibility index (Phi) is 6.25. The molecule has 2 heterocycles. The Morgan fingerprint density at radius 3 is 2.60 bits per heavy atom. The van der Waals surface area contributed by atoms with E-state index in [1.54, 1.807) is 20.8 Å². The predicted octanol–water partition coefficient (Wildman–Crippen LogP) is 3.58. The molecule has 1 aromatic carbocycles. The third-order valence-electron chi connectivity index (χ3n) is 4.02. The first-order valence-corrected chi connectivity index (χ1v) is 10.1. The summed E-state index contributed by atoms with van der Waals surface area (Å²) in [6, 6.07) is 3.71. The maximum Gasteiger partial charge on any atom is 0.407 e. The zero-order valence-corrected chi connectivity index (χ0v) is 18.3. The highest BCUT2D eigenvalue weighted by molar-refractivity contribution is 7.21. The Bertz CT molecular complexity index is 1090. The summed E-state index contributed by atoms with van der Waals surface area (Å²) in [4.78, 5) is 33.5. The highest BCUT2D eigenvalue weighted by Crippen LogP contribution is 2.39. The second-order valence-electron chi connectivity index (χ2n) is 7.37. The number of methoxy groups -OCH3 is 2. The minimum absolute atomic E-state index is 0.303. The molecule has 2 N–H and O–H groups in total. The number of carbonyl (C=O) groups is 2. The van der Waals surface area contributed by atoms with Crippen LogP contribution in [0.4, 0.5) is 10.5 Å². The standard InChI is InChI=1S/C20H24N4O5S/c1-20(2,3)29-19(26)22-9-8-21-16-14-12(30-17(16)18(25)28-5)7-6-11-15(14)23-10-13(24-11)27-4/h6-7,10,21H,8-9H2,1-5H3,(H,22,26). The van der Waals surface area contributed by atoms with Crippen molar-refractivity contribution in [1.29, 1.82) is 0 Å². The number of nitrogens with one attached hydrogen (secondary N) is 2. The van der Waals surface area contributed by atoms with Crippen LogP contribution in [0, 0.1) is 0 Å². The maximum atomic E-state index is 12.3. The van der Waals surface area contributed by atoms with Crippen LogP contribution in [0.1, 0.15) is 30.4 Å². The second kappa shape index (κ2) is 8.70. The fourth-order valence-electron chi connectivity index (χ4n) is 2.82. The van der Waals surface area contributed by atoms with E-state index in [1.807, 2.05) is 12.1 Å². The third kappa shape index (κ3) is 4.70. The van der Waals surface area contributed by atoms with Gasteiger partial charge in [0, 0.05) is 23.2 Å². The number of amides is 1. The van der Waals surface area contributed by atoms with Crippen molar-refractivity contribution in [3.63, 3.8) is 0 Å². The number of benzene rings is 1. The van der Waals surface area contributed by atoms with Gasteiger partial charge in [-0.3, -0.25) is 0 Å². The number of fused-ring (bicyclic) bond motifs is 3. The molecule has 160 valence electrons. The van der Waals surface area contributed by atoms with Gasteiger partial charge in [0.25, 0.3) is 0 Å². The van der Waals surface area contributed by atoms with E-state index in [-0.39, 0.29) is 0 Å². The van der Waals surface area contributed by atoms with Gasteiger partial charge in [0.15, 0.2) is 0 Å². The fourth-order valence-corrected chi connectivity index (χ4v) is 3.92. The molecule has 0 fully saturated rings. The summed E-state index contributed by atoms with van der Waals surface area (Å²) in [7, 11) is 2.86. The topological polar surface area (TPSA) is 112 Å². The van der Waals surface area contributed by atoms with Crippen molar-refractivity contribution in [1.82, 2.24) is 15.3 Å². The first-order chi connectivity index (χ1) is 14.2. The largest absolute Gasteiger partial charge is 0.480 e. The summed E-state index contributed by atoms with van der Waals surface area (Å²) >= 11 is 1.31. The Hall–Kier alpha value is -3.14. The van der Waals surface area contributed by atoms with Crippen LogP contribution in [-0.4, -0.2) is 54.9 Å². The van der Waals surface area contributed by atoms with Gasteiger partial charge in [-0.25, -0.2) is 19.6 Å². The monoisotopic (exact) mass is 432 g/mol. The lowest BCUT2D eigenvalue weighted by Crippen LogP contribution is -2.35. The van der Waals surface area contributed by atoms with Crippen LogP contribution < -0.4 is 15.4 Å². The summed E-state index contributed by atoms with van der Waals surface area (Å²) in [5.74, 6) is -0.0465. The highest BCUT2D eigenvalue weighted by Gasteiger charge is 2.22. The minimum Gasteiger partial charge on any atom is -0.480 e. The molecule has 2 aromatic heterocycles. The second-order valence-corrected chi connectivity index (χ2v) is 8.42. The lowest BCUT2D eigenvalue weighted by Gasteiger charge is -2.19. The lowest BCUT2D eigenvalue weighted by molar-refractivity contribution is 0.0528. The van der Waals surface area contributed by atoms with Gasteiger partial charge in [-0.1, -0.05) is 0 Å². The van der Waals surface area contributed by atoms with Crippen molar-refractivity contribution in [2.45, 2.75) is 26.4 Å². The first kappa shape index (κ1) is 21.6. The fraction of sp³-hybridized carbons (Fsp3) is 0.400. The predicted molar refractivity (Wildman–Crippen MR) is 116 cm³/mol. The van der Waals surface area contributed by atoms with E-state index in [9.17, 15) is 9.59 Å². The van der Waals surface area contributed by atoms with Crippen LogP contribution in [0.2, 0.25) is 0 Å². The van der Waals surface area contributed by atoms with E-state index in [0.29, 0.717) is 40.6 Å². The Morgan fingerprint density at radius 2 is 1.93 bits per heavy atom. The van der Waals surface area contributed by atoms with Gasteiger partial charge in [0.2, 0.25) is 5.88 Å². The van der Waals surface area contributed by atoms with Crippen molar-refractivity contribution in [3.8, 4) is 5.88 Å². The highest BCUT2D eigenvalue weighted by atomic mass is 32.1. The first-order valence-electron chi connectivity index (χ1n) is 9.28. The zero-order chi connectivity index (χ0) is 21.9. The number of hydrogen-bond acceptors (Lipinski definition) is 9. The molecule has 0 bridgehead atoms. The summed E-state index contributed by atoms with van der Waals surface area (Å²) in [5, 5.41) is 6.68. The Labute approximate surface area is 177 Å². The van der Waals surface area contributed by atoms with Crippen molar-refractivity contribution >= 4 is 50.2 Å². The van der Waals surface area contributed by atoms with E-state index in [2.05, 4.69) is 20.6 Å². The van der Waals surface area contributed by atoms with Gasteiger partial charge in [0.1, 0.15) is 10.5 Å². The molecule has 10 heteroatoms. The van der Waals surface area contributed by atoms with Crippen LogP contribution in [0.3, 0.4) is 0 Å².